The van der Waals surface area contributed by atoms with Crippen LogP contribution < -0.4 is 32.2 Å². The van der Waals surface area contributed by atoms with Crippen LogP contribution in [0.4, 0.5) is 14.4 Å². The molecule has 0 aliphatic heterocycles. The van der Waals surface area contributed by atoms with E-state index in [0.29, 0.717) is 12.9 Å². The maximum absolute atomic E-state index is 12.5. The fraction of sp³-hybridized carbons (Fsp3) is 0.500. The molecule has 0 aromatic carbocycles. The average molecular weight is 446 g/mol. The average Bonchev–Trinajstić information content (AvgIpc) is 2.59. The van der Waals surface area contributed by atoms with Gasteiger partial charge in [-0.25, -0.2) is 33.5 Å². The zero-order chi connectivity index (χ0) is 23.0. The summed E-state index contributed by atoms with van der Waals surface area (Å²) in [5, 5.41) is 12.7. The van der Waals surface area contributed by atoms with E-state index in [1.54, 1.807) is 27.7 Å². The highest BCUT2D eigenvalue weighted by molar-refractivity contribution is 7.96. The molecule has 1 aromatic rings. The van der Waals surface area contributed by atoms with Crippen molar-refractivity contribution in [3.8, 4) is 0 Å². The molecule has 164 valence electrons. The Morgan fingerprint density at radius 1 is 0.867 bits per heavy atom. The van der Waals surface area contributed by atoms with Gasteiger partial charge in [-0.15, -0.1) is 0 Å². The summed E-state index contributed by atoms with van der Waals surface area (Å²) in [7, 11) is -1.48. The Hall–Kier alpha value is -3.30. The molecule has 0 atom stereocenters. The number of carbonyl (C=O) groups is 3. The maximum Gasteiger partial charge on any atom is 0.418 e. The van der Waals surface area contributed by atoms with Crippen molar-refractivity contribution in [1.29, 1.82) is 0 Å². The molecular formula is C12H20B2N6O9S. The first-order chi connectivity index (χ1) is 13.9. The molecule has 1 aromatic heterocycles. The number of aromatic nitrogens is 3. The summed E-state index contributed by atoms with van der Waals surface area (Å²) in [5.74, 6) is 0. The van der Waals surface area contributed by atoms with Gasteiger partial charge in [0.1, 0.15) is 0 Å². The lowest BCUT2D eigenvalue weighted by atomic mass is 10.1. The van der Waals surface area contributed by atoms with E-state index in [4.69, 9.17) is 14.6 Å². The van der Waals surface area contributed by atoms with Gasteiger partial charge in [0.15, 0.2) is 0 Å². The lowest BCUT2D eigenvalue weighted by Gasteiger charge is -2.14. The highest BCUT2D eigenvalue weighted by Crippen LogP contribution is 1.95. The minimum absolute atomic E-state index is 0.207. The van der Waals surface area contributed by atoms with Crippen LogP contribution in [0.2, 0.25) is 0 Å². The summed E-state index contributed by atoms with van der Waals surface area (Å²) in [5.41, 5.74) is -3.63. The van der Waals surface area contributed by atoms with Crippen LogP contribution >= 0.6 is 12.1 Å². The molecule has 4 N–H and O–H groups in total. The number of nitrogens with zero attached hydrogens (tertiary/aromatic N) is 3. The van der Waals surface area contributed by atoms with E-state index >= 15 is 0 Å². The molecule has 0 spiro atoms. The fourth-order valence-electron chi connectivity index (χ4n) is 1.83. The third-order valence-corrected chi connectivity index (χ3v) is 3.70. The Morgan fingerprint density at radius 3 is 1.80 bits per heavy atom. The first-order valence-electron chi connectivity index (χ1n) is 8.46. The molecule has 1 rings (SSSR count). The van der Waals surface area contributed by atoms with Gasteiger partial charge in [0, 0.05) is 0 Å². The number of hydrogen-bond donors (Lipinski definition) is 4. The number of hydrogen-bond acceptors (Lipinski definition) is 9. The Kier molecular flexibility index (Phi) is 9.10. The normalized spacial score (nSPS) is 10.3. The predicted molar refractivity (Wildman–Crippen MR) is 108 cm³/mol. The summed E-state index contributed by atoms with van der Waals surface area (Å²) < 4.78 is 12.9. The first-order valence-corrected chi connectivity index (χ1v) is 9.23. The lowest BCUT2D eigenvalue weighted by molar-refractivity contribution is 0.120. The number of amides is 3. The molecule has 30 heavy (non-hydrogen) atoms. The molecule has 15 nitrogen and oxygen atoms in total. The van der Waals surface area contributed by atoms with Gasteiger partial charge >= 0.3 is 50.4 Å². The Balaban J connectivity index is 3.29. The lowest BCUT2D eigenvalue weighted by Crippen LogP contribution is -2.60. The first kappa shape index (κ1) is 24.7. The highest BCUT2D eigenvalue weighted by Gasteiger charge is 2.20. The summed E-state index contributed by atoms with van der Waals surface area (Å²) >= 11 is 0.207. The van der Waals surface area contributed by atoms with E-state index in [9.17, 15) is 28.8 Å². The van der Waals surface area contributed by atoms with Crippen LogP contribution in [0.3, 0.4) is 0 Å². The fourth-order valence-corrected chi connectivity index (χ4v) is 2.39. The third kappa shape index (κ3) is 7.26. The molecule has 0 aliphatic carbocycles. The SMILES string of the molecule is CC(C)OC(=O)NBn1c(=O)n(BNC(=O)O)c(=O)n(SNC(=O)OC(C)C)c1=O. The summed E-state index contributed by atoms with van der Waals surface area (Å²) in [6.45, 7) is 6.30. The number of rotatable bonds is 8. The van der Waals surface area contributed by atoms with Crippen LogP contribution in [0.1, 0.15) is 27.7 Å². The number of nitrogens with one attached hydrogen (secondary N) is 3. The molecule has 1 heterocycles. The second-order valence-electron chi connectivity index (χ2n) is 6.07. The van der Waals surface area contributed by atoms with Gasteiger partial charge in [-0.1, -0.05) is 0 Å². The standard InChI is InChI=1S/C12H20B2N6O9S/c1-5(2)28-8(23)16-14-19-10(25)18(13-15-7(21)22)11(26)20(12(19)27)30-17-9(24)29-6(3)4/h5-6,13-15H,1-4H3,(H,16,23)(H,17,24)(H,21,22). The van der Waals surface area contributed by atoms with Crippen molar-refractivity contribution < 1.29 is 29.0 Å². The van der Waals surface area contributed by atoms with Crippen LogP contribution in [-0.4, -0.2) is 63.6 Å². The van der Waals surface area contributed by atoms with Crippen molar-refractivity contribution >= 4 is 45.5 Å². The van der Waals surface area contributed by atoms with E-state index < -0.39 is 62.7 Å². The molecule has 0 radical (unpaired) electrons. The Morgan fingerprint density at radius 2 is 1.33 bits per heavy atom. The van der Waals surface area contributed by atoms with Gasteiger partial charge in [0.05, 0.1) is 24.3 Å². The summed E-state index contributed by atoms with van der Waals surface area (Å²) in [6.07, 6.45) is -4.39. The van der Waals surface area contributed by atoms with Crippen LogP contribution in [0.15, 0.2) is 14.4 Å². The zero-order valence-corrected chi connectivity index (χ0v) is 17.3. The van der Waals surface area contributed by atoms with Crippen LogP contribution in [0.25, 0.3) is 0 Å². The van der Waals surface area contributed by atoms with Crippen LogP contribution in [0.5, 0.6) is 0 Å². The van der Waals surface area contributed by atoms with Crippen molar-refractivity contribution in [3.05, 3.63) is 31.5 Å². The van der Waals surface area contributed by atoms with E-state index in [1.807, 2.05) is 5.23 Å². The topological polar surface area (TPSA) is 192 Å². The van der Waals surface area contributed by atoms with Gasteiger partial charge in [-0.2, -0.15) is 3.97 Å². The number of carbonyl (C=O) groups excluding carboxylic acids is 2. The van der Waals surface area contributed by atoms with Crippen molar-refractivity contribution in [2.45, 2.75) is 39.9 Å². The van der Waals surface area contributed by atoms with Crippen LogP contribution in [0, 0.1) is 0 Å². The van der Waals surface area contributed by atoms with Crippen LogP contribution in [-0.2, 0) is 9.47 Å². The Bertz CT molecular complexity index is 908. The molecule has 0 saturated heterocycles. The quantitative estimate of drug-likeness (QED) is 0.242. The molecule has 0 bridgehead atoms. The van der Waals surface area contributed by atoms with Crippen molar-refractivity contribution in [1.82, 2.24) is 28.1 Å². The van der Waals surface area contributed by atoms with Gasteiger partial charge in [0.2, 0.25) is 0 Å². The van der Waals surface area contributed by atoms with E-state index in [1.165, 1.54) is 0 Å². The highest BCUT2D eigenvalue weighted by atomic mass is 32.2. The van der Waals surface area contributed by atoms with Gasteiger partial charge in [0.25, 0.3) is 0 Å². The summed E-state index contributed by atoms with van der Waals surface area (Å²) in [6, 6.07) is 0. The van der Waals surface area contributed by atoms with Crippen molar-refractivity contribution in [3.63, 3.8) is 0 Å². The van der Waals surface area contributed by atoms with Gasteiger partial charge < -0.3 is 25.0 Å². The van der Waals surface area contributed by atoms with Crippen molar-refractivity contribution in [2.75, 3.05) is 0 Å². The third-order valence-electron chi connectivity index (χ3n) is 2.95. The molecule has 0 saturated carbocycles. The largest absolute Gasteiger partial charge is 0.466 e. The van der Waals surface area contributed by atoms with E-state index in [0.717, 1.165) is 0 Å². The summed E-state index contributed by atoms with van der Waals surface area (Å²) in [4.78, 5) is 71.4. The molecule has 0 fully saturated rings. The second-order valence-corrected chi connectivity index (χ2v) is 6.83. The molecule has 18 heteroatoms. The number of ether oxygens (including phenoxy) is 2. The minimum atomic E-state index is -1.53. The molecular weight excluding hydrogens is 426 g/mol. The van der Waals surface area contributed by atoms with E-state index in [2.05, 4.69) is 9.95 Å². The zero-order valence-electron chi connectivity index (χ0n) is 16.5. The predicted octanol–water partition coefficient (Wildman–Crippen LogP) is -2.65. The monoisotopic (exact) mass is 446 g/mol. The molecule has 0 aliphatic rings. The van der Waals surface area contributed by atoms with Crippen molar-refractivity contribution in [2.24, 2.45) is 0 Å². The Labute approximate surface area is 174 Å². The van der Waals surface area contributed by atoms with E-state index in [-0.39, 0.29) is 12.1 Å². The second kappa shape index (κ2) is 11.0. The number of carboxylic acid groups (broad SMARTS) is 1. The molecule has 0 unspecified atom stereocenters. The minimum Gasteiger partial charge on any atom is -0.466 e. The maximum atomic E-state index is 12.5. The van der Waals surface area contributed by atoms with Gasteiger partial charge in [-0.3, -0.25) is 8.96 Å². The van der Waals surface area contributed by atoms with Gasteiger partial charge in [-0.05, 0) is 27.7 Å². The molecule has 3 amide bonds. The smallest absolute Gasteiger partial charge is 0.418 e.